The van der Waals surface area contributed by atoms with Crippen LogP contribution in [0.25, 0.3) is 10.6 Å². The van der Waals surface area contributed by atoms with Gasteiger partial charge in [0.25, 0.3) is 0 Å². The summed E-state index contributed by atoms with van der Waals surface area (Å²) < 4.78 is 15.2. The predicted octanol–water partition coefficient (Wildman–Crippen LogP) is 3.42. The van der Waals surface area contributed by atoms with Crippen LogP contribution < -0.4 is 9.47 Å². The van der Waals surface area contributed by atoms with Gasteiger partial charge >= 0.3 is 11.9 Å². The van der Waals surface area contributed by atoms with Crippen LogP contribution in [0.3, 0.4) is 0 Å². The number of esters is 1. The molecule has 0 saturated carbocycles. The van der Waals surface area contributed by atoms with Gasteiger partial charge in [-0.15, -0.1) is 11.3 Å². The minimum absolute atomic E-state index is 0.0422. The summed E-state index contributed by atoms with van der Waals surface area (Å²) in [4.78, 5) is 19.9. The largest absolute Gasteiger partial charge is 0.494 e. The van der Waals surface area contributed by atoms with E-state index >= 15 is 0 Å². The van der Waals surface area contributed by atoms with Crippen molar-refractivity contribution in [2.24, 2.45) is 0 Å². The third-order valence-corrected chi connectivity index (χ3v) is 3.62. The van der Waals surface area contributed by atoms with Crippen molar-refractivity contribution in [2.45, 2.75) is 6.92 Å². The fourth-order valence-corrected chi connectivity index (χ4v) is 2.55. The molecule has 0 aliphatic rings. The maximum Gasteiger partial charge on any atom is 0.365 e. The number of aromatic nitrogens is 2. The van der Waals surface area contributed by atoms with E-state index in [1.165, 1.54) is 23.9 Å². The van der Waals surface area contributed by atoms with Gasteiger partial charge in [-0.05, 0) is 31.2 Å². The highest BCUT2D eigenvalue weighted by molar-refractivity contribution is 7.13. The SMILES string of the molecule is CCOc1ccc(-c2nc(C(=O)Oc3cnco3)cs2)cc1. The molecule has 0 bridgehead atoms. The first-order chi connectivity index (χ1) is 10.8. The summed E-state index contributed by atoms with van der Waals surface area (Å²) >= 11 is 1.36. The summed E-state index contributed by atoms with van der Waals surface area (Å²) in [5.74, 6) is 0.263. The Morgan fingerprint density at radius 1 is 1.32 bits per heavy atom. The number of hydrogen-bond acceptors (Lipinski definition) is 7. The Kier molecular flexibility index (Phi) is 4.15. The smallest absolute Gasteiger partial charge is 0.365 e. The standard InChI is InChI=1S/C15H12N2O4S/c1-2-19-11-5-3-10(4-6-11)14-17-12(8-22-14)15(18)21-13-7-16-9-20-13/h3-9H,2H2,1H3. The van der Waals surface area contributed by atoms with E-state index in [9.17, 15) is 4.79 Å². The molecule has 3 rings (SSSR count). The average molecular weight is 316 g/mol. The lowest BCUT2D eigenvalue weighted by Gasteiger charge is -2.02. The van der Waals surface area contributed by atoms with E-state index in [2.05, 4.69) is 9.97 Å². The van der Waals surface area contributed by atoms with E-state index in [1.54, 1.807) is 5.38 Å². The minimum atomic E-state index is -0.579. The van der Waals surface area contributed by atoms with E-state index in [4.69, 9.17) is 13.9 Å². The molecule has 0 radical (unpaired) electrons. The molecule has 0 unspecified atom stereocenters. The van der Waals surface area contributed by atoms with Gasteiger partial charge < -0.3 is 13.9 Å². The summed E-state index contributed by atoms with van der Waals surface area (Å²) in [7, 11) is 0. The summed E-state index contributed by atoms with van der Waals surface area (Å²) in [5, 5.41) is 2.37. The molecule has 7 heteroatoms. The highest BCUT2D eigenvalue weighted by Gasteiger charge is 2.15. The van der Waals surface area contributed by atoms with Crippen LogP contribution in [-0.4, -0.2) is 22.5 Å². The average Bonchev–Trinajstić information content (AvgIpc) is 3.19. The van der Waals surface area contributed by atoms with Crippen LogP contribution in [0.1, 0.15) is 17.4 Å². The van der Waals surface area contributed by atoms with Crippen LogP contribution in [0.4, 0.5) is 0 Å². The van der Waals surface area contributed by atoms with Crippen molar-refractivity contribution in [3.63, 3.8) is 0 Å². The van der Waals surface area contributed by atoms with Gasteiger partial charge in [0.1, 0.15) is 17.0 Å². The quantitative estimate of drug-likeness (QED) is 0.671. The van der Waals surface area contributed by atoms with Crippen molar-refractivity contribution in [2.75, 3.05) is 6.61 Å². The zero-order valence-corrected chi connectivity index (χ0v) is 12.5. The number of hydrogen-bond donors (Lipinski definition) is 0. The fourth-order valence-electron chi connectivity index (χ4n) is 1.76. The molecule has 6 nitrogen and oxygen atoms in total. The second-order valence-corrected chi connectivity index (χ2v) is 5.06. The second-order valence-electron chi connectivity index (χ2n) is 4.21. The Morgan fingerprint density at radius 3 is 2.82 bits per heavy atom. The topological polar surface area (TPSA) is 74.5 Å². The van der Waals surface area contributed by atoms with Crippen LogP contribution in [0.15, 0.2) is 46.7 Å². The van der Waals surface area contributed by atoms with Gasteiger partial charge in [-0.1, -0.05) is 0 Å². The van der Waals surface area contributed by atoms with E-state index in [-0.39, 0.29) is 11.6 Å². The lowest BCUT2D eigenvalue weighted by Crippen LogP contribution is -2.08. The number of carbonyl (C=O) groups excluding carboxylic acids is 1. The van der Waals surface area contributed by atoms with Gasteiger partial charge in [-0.25, -0.2) is 14.8 Å². The second kappa shape index (κ2) is 6.40. The third-order valence-electron chi connectivity index (χ3n) is 2.73. The molecule has 2 aromatic heterocycles. The first kappa shape index (κ1) is 14.3. The summed E-state index contributed by atoms with van der Waals surface area (Å²) in [6.45, 7) is 2.55. The molecular formula is C15H12N2O4S. The van der Waals surface area contributed by atoms with Crippen LogP contribution in [0.2, 0.25) is 0 Å². The van der Waals surface area contributed by atoms with Gasteiger partial charge in [0.15, 0.2) is 12.1 Å². The molecule has 0 amide bonds. The van der Waals surface area contributed by atoms with E-state index in [0.29, 0.717) is 6.61 Å². The zero-order chi connectivity index (χ0) is 15.4. The first-order valence-corrected chi connectivity index (χ1v) is 7.43. The highest BCUT2D eigenvalue weighted by Crippen LogP contribution is 2.26. The number of rotatable bonds is 5. The Labute approximate surface area is 130 Å². The van der Waals surface area contributed by atoms with Gasteiger partial charge in [0.05, 0.1) is 6.61 Å². The highest BCUT2D eigenvalue weighted by atomic mass is 32.1. The Bertz CT molecular complexity index is 750. The molecule has 0 aliphatic heterocycles. The summed E-state index contributed by atoms with van der Waals surface area (Å²) in [5.41, 5.74) is 1.14. The Morgan fingerprint density at radius 2 is 2.14 bits per heavy atom. The van der Waals surface area contributed by atoms with Crippen molar-refractivity contribution in [3.8, 4) is 22.3 Å². The molecular weight excluding hydrogens is 304 g/mol. The lowest BCUT2D eigenvalue weighted by molar-refractivity contribution is 0.0688. The first-order valence-electron chi connectivity index (χ1n) is 6.55. The van der Waals surface area contributed by atoms with Crippen molar-refractivity contribution < 1.29 is 18.7 Å². The van der Waals surface area contributed by atoms with Crippen LogP contribution in [-0.2, 0) is 0 Å². The van der Waals surface area contributed by atoms with E-state index in [0.717, 1.165) is 16.3 Å². The van der Waals surface area contributed by atoms with Gasteiger partial charge in [-0.3, -0.25) is 0 Å². The Hall–Kier alpha value is -2.67. The molecule has 22 heavy (non-hydrogen) atoms. The number of nitrogens with zero attached hydrogens (tertiary/aromatic N) is 2. The molecule has 0 fully saturated rings. The molecule has 0 aliphatic carbocycles. The molecule has 2 heterocycles. The summed E-state index contributed by atoms with van der Waals surface area (Å²) in [6.07, 6.45) is 2.51. The monoisotopic (exact) mass is 316 g/mol. The van der Waals surface area contributed by atoms with Crippen LogP contribution in [0, 0.1) is 0 Å². The maximum absolute atomic E-state index is 11.9. The van der Waals surface area contributed by atoms with Gasteiger partial charge in [-0.2, -0.15) is 0 Å². The molecule has 0 saturated heterocycles. The number of carbonyl (C=O) groups is 1. The molecule has 1 aromatic carbocycles. The third kappa shape index (κ3) is 3.15. The molecule has 3 aromatic rings. The molecule has 0 spiro atoms. The van der Waals surface area contributed by atoms with E-state index < -0.39 is 5.97 Å². The number of benzene rings is 1. The van der Waals surface area contributed by atoms with E-state index in [1.807, 2.05) is 31.2 Å². The molecule has 0 atom stereocenters. The number of oxazole rings is 1. The zero-order valence-electron chi connectivity index (χ0n) is 11.7. The van der Waals surface area contributed by atoms with Gasteiger partial charge in [0, 0.05) is 10.9 Å². The summed E-state index contributed by atoms with van der Waals surface area (Å²) in [6, 6.07) is 7.53. The van der Waals surface area contributed by atoms with Crippen molar-refractivity contribution in [1.82, 2.24) is 9.97 Å². The predicted molar refractivity (Wildman–Crippen MR) is 80.2 cm³/mol. The van der Waals surface area contributed by atoms with Crippen molar-refractivity contribution in [1.29, 1.82) is 0 Å². The minimum Gasteiger partial charge on any atom is -0.494 e. The van der Waals surface area contributed by atoms with Crippen LogP contribution in [0.5, 0.6) is 11.7 Å². The molecule has 112 valence electrons. The maximum atomic E-state index is 11.9. The molecule has 0 N–H and O–H groups in total. The van der Waals surface area contributed by atoms with Crippen LogP contribution >= 0.6 is 11.3 Å². The lowest BCUT2D eigenvalue weighted by atomic mass is 10.2. The normalized spacial score (nSPS) is 10.4. The Balaban J connectivity index is 1.74. The van der Waals surface area contributed by atoms with Crippen molar-refractivity contribution in [3.05, 3.63) is 47.9 Å². The van der Waals surface area contributed by atoms with Gasteiger partial charge in [0.2, 0.25) is 0 Å². The number of thiazole rings is 1. The number of ether oxygens (including phenoxy) is 2. The fraction of sp³-hybridized carbons (Fsp3) is 0.133. The van der Waals surface area contributed by atoms with Crippen molar-refractivity contribution >= 4 is 17.3 Å².